The Balaban J connectivity index is 1.84. The van der Waals surface area contributed by atoms with Crippen LogP contribution < -0.4 is 10.8 Å². The number of hydrogen-bond donors (Lipinski definition) is 3. The molecule has 0 aliphatic rings. The number of anilines is 2. The number of nitrogens with one attached hydrogen (secondary N) is 2. The lowest BCUT2D eigenvalue weighted by molar-refractivity contribution is -0.129. The highest BCUT2D eigenvalue weighted by Gasteiger charge is 2.12. The molecule has 0 saturated heterocycles. The molecule has 6 heteroatoms. The minimum atomic E-state index is -0.354. The molecule has 0 aliphatic carbocycles. The number of benzene rings is 2. The van der Waals surface area contributed by atoms with Gasteiger partial charge in [-0.1, -0.05) is 30.5 Å². The Morgan fingerprint density at radius 1 is 0.933 bits per heavy atom. The molecule has 2 aromatic carbocycles. The fourth-order valence-corrected chi connectivity index (χ4v) is 3.58. The number of unbranched alkanes of at least 4 members (excludes halogenated alkanes) is 3. The number of carbonyl (C=O) groups is 2. The Labute approximate surface area is 179 Å². The van der Waals surface area contributed by atoms with E-state index in [0.29, 0.717) is 18.5 Å². The van der Waals surface area contributed by atoms with Crippen LogP contribution in [0.15, 0.2) is 36.4 Å². The Bertz CT molecular complexity index is 839. The molecule has 0 atom stereocenters. The van der Waals surface area contributed by atoms with Crippen LogP contribution in [0, 0.1) is 20.8 Å². The number of hydroxylamine groups is 1. The van der Waals surface area contributed by atoms with Crippen LogP contribution in [0.1, 0.15) is 59.2 Å². The van der Waals surface area contributed by atoms with Crippen molar-refractivity contribution in [2.75, 3.05) is 18.9 Å². The van der Waals surface area contributed by atoms with Gasteiger partial charge in [-0.15, -0.1) is 0 Å². The molecule has 2 amide bonds. The number of rotatable bonds is 10. The summed E-state index contributed by atoms with van der Waals surface area (Å²) in [5.74, 6) is -0.350. The highest BCUT2D eigenvalue weighted by Crippen LogP contribution is 2.26. The Hall–Kier alpha value is -2.86. The smallest absolute Gasteiger partial charge is 0.253 e. The molecule has 2 aromatic rings. The van der Waals surface area contributed by atoms with Gasteiger partial charge in [-0.2, -0.15) is 0 Å². The van der Waals surface area contributed by atoms with E-state index in [2.05, 4.69) is 38.2 Å². The van der Waals surface area contributed by atoms with Gasteiger partial charge < -0.3 is 10.2 Å². The van der Waals surface area contributed by atoms with Gasteiger partial charge >= 0.3 is 0 Å². The number of nitrogens with zero attached hydrogens (tertiary/aromatic N) is 1. The molecule has 30 heavy (non-hydrogen) atoms. The molecule has 0 saturated carbocycles. The molecule has 0 fully saturated rings. The second-order valence-electron chi connectivity index (χ2n) is 7.90. The molecule has 0 bridgehead atoms. The Kier molecular flexibility index (Phi) is 8.87. The first-order chi connectivity index (χ1) is 14.3. The van der Waals surface area contributed by atoms with E-state index in [1.165, 1.54) is 16.7 Å². The van der Waals surface area contributed by atoms with Crippen LogP contribution >= 0.6 is 0 Å². The second-order valence-corrected chi connectivity index (χ2v) is 7.90. The molecule has 0 radical (unpaired) electrons. The SMILES string of the molecule is Cc1cc(C)c(Nc2ccc(C(=O)N(C)CCCCCCC(=O)NO)cc2)c(C)c1. The van der Waals surface area contributed by atoms with E-state index in [-0.39, 0.29) is 11.8 Å². The molecular formula is C24H33N3O3. The third-order valence-corrected chi connectivity index (χ3v) is 5.20. The number of hydrogen-bond acceptors (Lipinski definition) is 4. The number of amides is 2. The number of aryl methyl sites for hydroxylation is 3. The van der Waals surface area contributed by atoms with Crippen molar-refractivity contribution in [1.29, 1.82) is 0 Å². The van der Waals surface area contributed by atoms with Crippen molar-refractivity contribution in [2.24, 2.45) is 0 Å². The normalized spacial score (nSPS) is 10.6. The van der Waals surface area contributed by atoms with Crippen LogP contribution in [0.25, 0.3) is 0 Å². The van der Waals surface area contributed by atoms with Crippen LogP contribution in [-0.4, -0.2) is 35.5 Å². The molecule has 6 nitrogen and oxygen atoms in total. The lowest BCUT2D eigenvalue weighted by Gasteiger charge is -2.18. The molecular weight excluding hydrogens is 378 g/mol. The van der Waals surface area contributed by atoms with Crippen LogP contribution in [0.5, 0.6) is 0 Å². The first kappa shape index (κ1) is 23.4. The van der Waals surface area contributed by atoms with Crippen LogP contribution in [0.2, 0.25) is 0 Å². The van der Waals surface area contributed by atoms with Gasteiger partial charge in [-0.3, -0.25) is 14.8 Å². The molecule has 0 aromatic heterocycles. The minimum absolute atomic E-state index is 0.00362. The Morgan fingerprint density at radius 2 is 1.53 bits per heavy atom. The van der Waals surface area contributed by atoms with Crippen molar-refractivity contribution in [1.82, 2.24) is 10.4 Å². The molecule has 0 unspecified atom stereocenters. The van der Waals surface area contributed by atoms with Gasteiger partial charge in [0.15, 0.2) is 0 Å². The predicted octanol–water partition coefficient (Wildman–Crippen LogP) is 4.88. The van der Waals surface area contributed by atoms with E-state index in [9.17, 15) is 9.59 Å². The number of carbonyl (C=O) groups excluding carboxylic acids is 2. The minimum Gasteiger partial charge on any atom is -0.355 e. The fraction of sp³-hybridized carbons (Fsp3) is 0.417. The maximum Gasteiger partial charge on any atom is 0.253 e. The van der Waals surface area contributed by atoms with Gasteiger partial charge in [0.2, 0.25) is 5.91 Å². The van der Waals surface area contributed by atoms with E-state index in [4.69, 9.17) is 5.21 Å². The van der Waals surface area contributed by atoms with Crippen molar-refractivity contribution in [3.63, 3.8) is 0 Å². The lowest BCUT2D eigenvalue weighted by atomic mass is 10.0. The van der Waals surface area contributed by atoms with Crippen molar-refractivity contribution < 1.29 is 14.8 Å². The summed E-state index contributed by atoms with van der Waals surface area (Å²) in [5, 5.41) is 11.9. The first-order valence-electron chi connectivity index (χ1n) is 10.4. The monoisotopic (exact) mass is 411 g/mol. The predicted molar refractivity (Wildman–Crippen MR) is 120 cm³/mol. The fourth-order valence-electron chi connectivity index (χ4n) is 3.58. The summed E-state index contributed by atoms with van der Waals surface area (Å²) in [6.07, 6.45) is 3.78. The third kappa shape index (κ3) is 6.88. The molecule has 3 N–H and O–H groups in total. The molecule has 162 valence electrons. The zero-order valence-corrected chi connectivity index (χ0v) is 18.4. The van der Waals surface area contributed by atoms with E-state index in [1.54, 1.807) is 10.4 Å². The van der Waals surface area contributed by atoms with Crippen LogP contribution in [0.3, 0.4) is 0 Å². The molecule has 2 rings (SSSR count). The van der Waals surface area contributed by atoms with Crippen LogP contribution in [0.4, 0.5) is 11.4 Å². The van der Waals surface area contributed by atoms with Crippen molar-refractivity contribution in [3.8, 4) is 0 Å². The van der Waals surface area contributed by atoms with E-state index >= 15 is 0 Å². The summed E-state index contributed by atoms with van der Waals surface area (Å²) in [6.45, 7) is 6.95. The van der Waals surface area contributed by atoms with Gasteiger partial charge in [0.05, 0.1) is 0 Å². The second kappa shape index (κ2) is 11.4. The van der Waals surface area contributed by atoms with Crippen LogP contribution in [-0.2, 0) is 4.79 Å². The van der Waals surface area contributed by atoms with Gasteiger partial charge in [-0.25, -0.2) is 5.48 Å². The zero-order valence-electron chi connectivity index (χ0n) is 18.4. The summed E-state index contributed by atoms with van der Waals surface area (Å²) in [7, 11) is 1.81. The summed E-state index contributed by atoms with van der Waals surface area (Å²) in [6, 6.07) is 11.9. The molecule has 0 spiro atoms. The van der Waals surface area contributed by atoms with Crippen molar-refractivity contribution >= 4 is 23.2 Å². The maximum atomic E-state index is 12.6. The summed E-state index contributed by atoms with van der Waals surface area (Å²) in [5.41, 5.74) is 8.00. The average molecular weight is 412 g/mol. The van der Waals surface area contributed by atoms with Crippen molar-refractivity contribution in [3.05, 3.63) is 58.7 Å². The zero-order chi connectivity index (χ0) is 22.1. The summed E-state index contributed by atoms with van der Waals surface area (Å²) in [4.78, 5) is 25.3. The van der Waals surface area contributed by atoms with Gasteiger partial charge in [-0.05, 0) is 69.0 Å². The average Bonchev–Trinajstić information content (AvgIpc) is 2.72. The standard InChI is InChI=1S/C24H33N3O3/c1-17-15-18(2)23(19(3)16-17)25-21-12-10-20(11-13-21)24(29)27(4)14-8-6-5-7-9-22(28)26-30/h10-13,15-16,25,30H,5-9,14H2,1-4H3,(H,26,28). The highest BCUT2D eigenvalue weighted by atomic mass is 16.5. The first-order valence-corrected chi connectivity index (χ1v) is 10.4. The maximum absolute atomic E-state index is 12.6. The molecule has 0 aliphatic heterocycles. The van der Waals surface area contributed by atoms with Gasteiger partial charge in [0.1, 0.15) is 0 Å². The van der Waals surface area contributed by atoms with Crippen molar-refractivity contribution in [2.45, 2.75) is 52.9 Å². The molecule has 0 heterocycles. The lowest BCUT2D eigenvalue weighted by Crippen LogP contribution is -2.27. The van der Waals surface area contributed by atoms with E-state index < -0.39 is 0 Å². The third-order valence-electron chi connectivity index (χ3n) is 5.20. The largest absolute Gasteiger partial charge is 0.355 e. The van der Waals surface area contributed by atoms with E-state index in [1.807, 2.05) is 31.3 Å². The Morgan fingerprint density at radius 3 is 2.13 bits per heavy atom. The quantitative estimate of drug-likeness (QED) is 0.296. The summed E-state index contributed by atoms with van der Waals surface area (Å²) < 4.78 is 0. The van der Waals surface area contributed by atoms with Gasteiger partial charge in [0, 0.05) is 37.0 Å². The highest BCUT2D eigenvalue weighted by molar-refractivity contribution is 5.94. The summed E-state index contributed by atoms with van der Waals surface area (Å²) >= 11 is 0. The topological polar surface area (TPSA) is 81.7 Å². The van der Waals surface area contributed by atoms with E-state index in [0.717, 1.165) is 37.1 Å². The van der Waals surface area contributed by atoms with Gasteiger partial charge in [0.25, 0.3) is 5.91 Å².